The molecule has 0 atom stereocenters. The Bertz CT molecular complexity index is 1270. The van der Waals surface area contributed by atoms with E-state index in [1.807, 2.05) is 0 Å². The first-order chi connectivity index (χ1) is 15.3. The lowest BCUT2D eigenvalue weighted by Gasteiger charge is -2.26. The van der Waals surface area contributed by atoms with Crippen molar-refractivity contribution in [3.8, 4) is 11.5 Å². The van der Waals surface area contributed by atoms with Crippen molar-refractivity contribution >= 4 is 21.5 Å². The third-order valence-electron chi connectivity index (χ3n) is 6.86. The number of hydrogen-bond acceptors (Lipinski definition) is 2. The van der Waals surface area contributed by atoms with Crippen LogP contribution in [0.15, 0.2) is 48.5 Å². The zero-order chi connectivity index (χ0) is 24.3. The van der Waals surface area contributed by atoms with Crippen LogP contribution in [-0.4, -0.2) is 10.2 Å². The molecule has 0 bridgehead atoms. The van der Waals surface area contributed by atoms with Crippen molar-refractivity contribution in [2.45, 2.75) is 72.6 Å². The Kier molecular flexibility index (Phi) is 5.47. The highest BCUT2D eigenvalue weighted by atomic mass is 16.3. The van der Waals surface area contributed by atoms with Gasteiger partial charge in [-0.3, -0.25) is 0 Å². The SMILES string of the molecule is Cc1cccc2c(Cc3cc(C(C)(C)C)c(O)c4c(C)cccc34)cc(C(C)(C)C)c(O)c12. The molecule has 0 radical (unpaired) electrons. The Balaban J connectivity index is 2.06. The van der Waals surface area contributed by atoms with Gasteiger partial charge in [0.15, 0.2) is 0 Å². The second-order valence-electron chi connectivity index (χ2n) is 11.5. The molecule has 2 N–H and O–H groups in total. The Morgan fingerprint density at radius 1 is 0.606 bits per heavy atom. The fraction of sp³-hybridized carbons (Fsp3) is 0.355. The first-order valence-electron chi connectivity index (χ1n) is 11.8. The van der Waals surface area contributed by atoms with Gasteiger partial charge in [0.1, 0.15) is 11.5 Å². The van der Waals surface area contributed by atoms with Crippen molar-refractivity contribution in [1.29, 1.82) is 0 Å². The molecule has 0 unspecified atom stereocenters. The van der Waals surface area contributed by atoms with E-state index in [2.05, 4.69) is 104 Å². The number of phenols is 2. The van der Waals surface area contributed by atoms with Crippen LogP contribution in [0.5, 0.6) is 11.5 Å². The molecule has 2 heteroatoms. The number of aryl methyl sites for hydroxylation is 2. The van der Waals surface area contributed by atoms with Crippen LogP contribution in [0.25, 0.3) is 21.5 Å². The molecule has 0 amide bonds. The van der Waals surface area contributed by atoms with Crippen LogP contribution in [0.1, 0.15) is 74.9 Å². The molecule has 172 valence electrons. The molecule has 4 aromatic carbocycles. The average molecular weight is 441 g/mol. The number of fused-ring (bicyclic) bond motifs is 2. The maximum absolute atomic E-state index is 11.2. The van der Waals surface area contributed by atoms with E-state index >= 15 is 0 Å². The summed E-state index contributed by atoms with van der Waals surface area (Å²) in [6.45, 7) is 17.0. The van der Waals surface area contributed by atoms with Gasteiger partial charge in [-0.05, 0) is 64.1 Å². The van der Waals surface area contributed by atoms with Crippen molar-refractivity contribution in [2.75, 3.05) is 0 Å². The summed E-state index contributed by atoms with van der Waals surface area (Å²) in [6, 6.07) is 16.9. The van der Waals surface area contributed by atoms with Gasteiger partial charge in [0.2, 0.25) is 0 Å². The number of rotatable bonds is 2. The smallest absolute Gasteiger partial charge is 0.127 e. The van der Waals surface area contributed by atoms with Crippen LogP contribution in [-0.2, 0) is 17.3 Å². The lowest BCUT2D eigenvalue weighted by atomic mass is 9.80. The van der Waals surface area contributed by atoms with Gasteiger partial charge in [-0.25, -0.2) is 0 Å². The first-order valence-corrected chi connectivity index (χ1v) is 11.8. The quantitative estimate of drug-likeness (QED) is 0.330. The van der Waals surface area contributed by atoms with Crippen LogP contribution in [0.4, 0.5) is 0 Å². The van der Waals surface area contributed by atoms with Gasteiger partial charge in [-0.15, -0.1) is 0 Å². The molecular formula is C31H36O2. The summed E-state index contributed by atoms with van der Waals surface area (Å²) in [5.74, 6) is 0.780. The standard InChI is InChI=1S/C31H36O2/c1-18-11-9-13-22-20(16-24(30(3,4)5)28(32)26(18)22)15-21-17-25(31(6,7)8)29(33)27-19(2)12-10-14-23(21)27/h9-14,16-17,32-33H,15H2,1-8H3. The van der Waals surface area contributed by atoms with Crippen LogP contribution in [0.2, 0.25) is 0 Å². The fourth-order valence-electron chi connectivity index (χ4n) is 5.05. The molecule has 0 aliphatic heterocycles. The van der Waals surface area contributed by atoms with Gasteiger partial charge in [-0.2, -0.15) is 0 Å². The second kappa shape index (κ2) is 7.80. The molecule has 33 heavy (non-hydrogen) atoms. The summed E-state index contributed by atoms with van der Waals surface area (Å²) < 4.78 is 0. The molecule has 0 spiro atoms. The molecule has 0 heterocycles. The predicted octanol–water partition coefficient (Wildman–Crippen LogP) is 8.21. The fourth-order valence-corrected chi connectivity index (χ4v) is 5.05. The zero-order valence-corrected chi connectivity index (χ0v) is 21.2. The summed E-state index contributed by atoms with van der Waals surface area (Å²) in [6.07, 6.45) is 0.729. The monoisotopic (exact) mass is 440 g/mol. The Labute approximate surface area is 197 Å². The minimum Gasteiger partial charge on any atom is -0.507 e. The van der Waals surface area contributed by atoms with E-state index in [-0.39, 0.29) is 10.8 Å². The third-order valence-corrected chi connectivity index (χ3v) is 6.86. The predicted molar refractivity (Wildman–Crippen MR) is 141 cm³/mol. The largest absolute Gasteiger partial charge is 0.507 e. The number of aromatic hydroxyl groups is 2. The molecule has 4 rings (SSSR count). The van der Waals surface area contributed by atoms with Gasteiger partial charge in [0.25, 0.3) is 0 Å². The minimum atomic E-state index is -0.181. The molecular weight excluding hydrogens is 404 g/mol. The van der Waals surface area contributed by atoms with Gasteiger partial charge in [0.05, 0.1) is 0 Å². The maximum atomic E-state index is 11.2. The van der Waals surface area contributed by atoms with Crippen molar-refractivity contribution in [3.05, 3.63) is 81.9 Å². The highest BCUT2D eigenvalue weighted by molar-refractivity contribution is 5.97. The Morgan fingerprint density at radius 3 is 1.30 bits per heavy atom. The zero-order valence-electron chi connectivity index (χ0n) is 21.2. The lowest BCUT2D eigenvalue weighted by molar-refractivity contribution is 0.452. The van der Waals surface area contributed by atoms with E-state index in [0.717, 1.165) is 50.2 Å². The van der Waals surface area contributed by atoms with Gasteiger partial charge in [0, 0.05) is 21.9 Å². The highest BCUT2D eigenvalue weighted by Gasteiger charge is 2.25. The maximum Gasteiger partial charge on any atom is 0.127 e. The van der Waals surface area contributed by atoms with E-state index < -0.39 is 0 Å². The van der Waals surface area contributed by atoms with Crippen molar-refractivity contribution in [2.24, 2.45) is 0 Å². The van der Waals surface area contributed by atoms with E-state index in [4.69, 9.17) is 0 Å². The summed E-state index contributed by atoms with van der Waals surface area (Å²) in [7, 11) is 0. The normalized spacial score (nSPS) is 12.6. The van der Waals surface area contributed by atoms with E-state index in [1.165, 1.54) is 11.1 Å². The molecule has 0 aromatic heterocycles. The summed E-state index contributed by atoms with van der Waals surface area (Å²) in [4.78, 5) is 0. The molecule has 0 saturated heterocycles. The molecule has 4 aromatic rings. The van der Waals surface area contributed by atoms with E-state index in [9.17, 15) is 10.2 Å². The lowest BCUT2D eigenvalue weighted by Crippen LogP contribution is -2.13. The van der Waals surface area contributed by atoms with Gasteiger partial charge >= 0.3 is 0 Å². The molecule has 0 saturated carbocycles. The topological polar surface area (TPSA) is 40.5 Å². The van der Waals surface area contributed by atoms with Gasteiger partial charge in [-0.1, -0.05) is 90.1 Å². The van der Waals surface area contributed by atoms with E-state index in [1.54, 1.807) is 0 Å². The molecule has 2 nitrogen and oxygen atoms in total. The van der Waals surface area contributed by atoms with Crippen molar-refractivity contribution < 1.29 is 10.2 Å². The Morgan fingerprint density at radius 2 is 0.970 bits per heavy atom. The summed E-state index contributed by atoms with van der Waals surface area (Å²) >= 11 is 0. The highest BCUT2D eigenvalue weighted by Crippen LogP contribution is 2.43. The van der Waals surface area contributed by atoms with Crippen LogP contribution >= 0.6 is 0 Å². The third kappa shape index (κ3) is 3.97. The van der Waals surface area contributed by atoms with Crippen molar-refractivity contribution in [3.63, 3.8) is 0 Å². The second-order valence-corrected chi connectivity index (χ2v) is 11.5. The van der Waals surface area contributed by atoms with Crippen LogP contribution in [0.3, 0.4) is 0 Å². The van der Waals surface area contributed by atoms with Crippen LogP contribution < -0.4 is 0 Å². The first kappa shape index (κ1) is 23.2. The Hall–Kier alpha value is -3.00. The van der Waals surface area contributed by atoms with Gasteiger partial charge < -0.3 is 10.2 Å². The number of hydrogen-bond donors (Lipinski definition) is 2. The van der Waals surface area contributed by atoms with E-state index in [0.29, 0.717) is 11.5 Å². The summed E-state index contributed by atoms with van der Waals surface area (Å²) in [5.41, 5.74) is 6.14. The van der Waals surface area contributed by atoms with Crippen molar-refractivity contribution in [1.82, 2.24) is 0 Å². The number of benzene rings is 4. The average Bonchev–Trinajstić information content (AvgIpc) is 2.70. The van der Waals surface area contributed by atoms with Crippen LogP contribution in [0, 0.1) is 13.8 Å². The molecule has 0 aliphatic carbocycles. The summed E-state index contributed by atoms with van der Waals surface area (Å²) in [5, 5.41) is 26.5. The molecule has 0 aliphatic rings. The minimum absolute atomic E-state index is 0.181. The molecule has 0 fully saturated rings. The number of phenolic OH excluding ortho intramolecular Hbond substituents is 2.